The van der Waals surface area contributed by atoms with Crippen LogP contribution in [0.5, 0.6) is 0 Å². The molecule has 0 saturated heterocycles. The van der Waals surface area contributed by atoms with E-state index in [1.807, 2.05) is 0 Å². The molecule has 18 heavy (non-hydrogen) atoms. The molecule has 1 heterocycles. The van der Waals surface area contributed by atoms with Gasteiger partial charge in [0.15, 0.2) is 0 Å². The Bertz CT molecular complexity index is 321. The quantitative estimate of drug-likeness (QED) is 0.739. The van der Waals surface area contributed by atoms with E-state index in [0.717, 1.165) is 26.1 Å². The molecule has 0 spiro atoms. The summed E-state index contributed by atoms with van der Waals surface area (Å²) in [5, 5.41) is 3.28. The van der Waals surface area contributed by atoms with Crippen LogP contribution < -0.4 is 11.1 Å². The standard InChI is InChI=1S/C13H25N5/c1-4-18(5-2)8-6-7-11(3)17-13-15-9-12(14)10-16-13/h9-11H,4-8,14H2,1-3H3,(H,15,16,17). The van der Waals surface area contributed by atoms with E-state index in [2.05, 4.69) is 41.0 Å². The molecule has 0 radical (unpaired) electrons. The number of hydrogen-bond donors (Lipinski definition) is 2. The number of aromatic nitrogens is 2. The number of hydrogen-bond acceptors (Lipinski definition) is 5. The summed E-state index contributed by atoms with van der Waals surface area (Å²) in [7, 11) is 0. The first-order valence-corrected chi connectivity index (χ1v) is 6.72. The van der Waals surface area contributed by atoms with E-state index in [1.165, 1.54) is 6.42 Å². The van der Waals surface area contributed by atoms with Gasteiger partial charge < -0.3 is 16.0 Å². The van der Waals surface area contributed by atoms with Crippen molar-refractivity contribution in [2.75, 3.05) is 30.7 Å². The molecule has 1 rings (SSSR count). The number of nitrogens with one attached hydrogen (secondary N) is 1. The predicted octanol–water partition coefficient (Wildman–Crippen LogP) is 1.98. The van der Waals surface area contributed by atoms with Crippen LogP contribution in [0, 0.1) is 0 Å². The summed E-state index contributed by atoms with van der Waals surface area (Å²) in [6.07, 6.45) is 5.55. The van der Waals surface area contributed by atoms with Crippen molar-refractivity contribution >= 4 is 11.6 Å². The van der Waals surface area contributed by atoms with Gasteiger partial charge in [-0.3, -0.25) is 0 Å². The lowest BCUT2D eigenvalue weighted by Crippen LogP contribution is -2.25. The lowest BCUT2D eigenvalue weighted by molar-refractivity contribution is 0.295. The summed E-state index contributed by atoms with van der Waals surface area (Å²) in [4.78, 5) is 10.7. The second-order valence-corrected chi connectivity index (χ2v) is 4.55. The zero-order chi connectivity index (χ0) is 13.4. The zero-order valence-corrected chi connectivity index (χ0v) is 11.7. The fourth-order valence-electron chi connectivity index (χ4n) is 1.87. The first-order chi connectivity index (χ1) is 8.65. The van der Waals surface area contributed by atoms with E-state index in [-0.39, 0.29) is 0 Å². The maximum atomic E-state index is 5.54. The summed E-state index contributed by atoms with van der Waals surface area (Å²) >= 11 is 0. The van der Waals surface area contributed by atoms with Crippen LogP contribution in [0.15, 0.2) is 12.4 Å². The van der Waals surface area contributed by atoms with Gasteiger partial charge in [-0.15, -0.1) is 0 Å². The zero-order valence-electron chi connectivity index (χ0n) is 11.7. The highest BCUT2D eigenvalue weighted by Crippen LogP contribution is 2.06. The molecule has 0 aromatic carbocycles. The Balaban J connectivity index is 2.25. The van der Waals surface area contributed by atoms with Gasteiger partial charge >= 0.3 is 0 Å². The normalized spacial score (nSPS) is 12.7. The summed E-state index contributed by atoms with van der Waals surface area (Å²) in [5.41, 5.74) is 6.14. The number of anilines is 2. The number of rotatable bonds is 8. The molecular weight excluding hydrogens is 226 g/mol. The number of nitrogens with two attached hydrogens (primary N) is 1. The summed E-state index contributed by atoms with van der Waals surface area (Å²) in [6.45, 7) is 9.96. The molecule has 1 aromatic rings. The van der Waals surface area contributed by atoms with Gasteiger partial charge in [0, 0.05) is 6.04 Å². The SMILES string of the molecule is CCN(CC)CCCC(C)Nc1ncc(N)cn1. The minimum Gasteiger partial charge on any atom is -0.396 e. The van der Waals surface area contributed by atoms with Gasteiger partial charge in [-0.2, -0.15) is 0 Å². The molecule has 5 nitrogen and oxygen atoms in total. The minimum absolute atomic E-state index is 0.379. The maximum Gasteiger partial charge on any atom is 0.222 e. The molecule has 1 aromatic heterocycles. The average Bonchev–Trinajstić information content (AvgIpc) is 2.37. The molecule has 3 N–H and O–H groups in total. The topological polar surface area (TPSA) is 67.1 Å². The Morgan fingerprint density at radius 3 is 2.44 bits per heavy atom. The molecule has 0 aliphatic carbocycles. The maximum absolute atomic E-state index is 5.54. The minimum atomic E-state index is 0.379. The molecule has 0 bridgehead atoms. The van der Waals surface area contributed by atoms with Gasteiger partial charge in [-0.05, 0) is 39.4 Å². The molecule has 0 saturated carbocycles. The fraction of sp³-hybridized carbons (Fsp3) is 0.692. The highest BCUT2D eigenvalue weighted by Gasteiger charge is 2.05. The van der Waals surface area contributed by atoms with Crippen molar-refractivity contribution in [3.05, 3.63) is 12.4 Å². The largest absolute Gasteiger partial charge is 0.396 e. The molecule has 0 aliphatic heterocycles. The Kier molecular flexibility index (Phi) is 6.43. The number of nitrogens with zero attached hydrogens (tertiary/aromatic N) is 3. The van der Waals surface area contributed by atoms with Crippen molar-refractivity contribution in [2.24, 2.45) is 0 Å². The lowest BCUT2D eigenvalue weighted by Gasteiger charge is -2.19. The van der Waals surface area contributed by atoms with Crippen molar-refractivity contribution in [1.82, 2.24) is 14.9 Å². The van der Waals surface area contributed by atoms with Gasteiger partial charge in [-0.1, -0.05) is 13.8 Å². The van der Waals surface area contributed by atoms with Crippen molar-refractivity contribution in [2.45, 2.75) is 39.7 Å². The third-order valence-electron chi connectivity index (χ3n) is 3.05. The van der Waals surface area contributed by atoms with E-state index in [9.17, 15) is 0 Å². The van der Waals surface area contributed by atoms with Crippen LogP contribution in [0.4, 0.5) is 11.6 Å². The van der Waals surface area contributed by atoms with Crippen LogP contribution in [-0.4, -0.2) is 40.5 Å². The Hall–Kier alpha value is -1.36. The second-order valence-electron chi connectivity index (χ2n) is 4.55. The average molecular weight is 251 g/mol. The van der Waals surface area contributed by atoms with Crippen molar-refractivity contribution in [1.29, 1.82) is 0 Å². The Morgan fingerprint density at radius 2 is 1.89 bits per heavy atom. The third kappa shape index (κ3) is 5.31. The first kappa shape index (κ1) is 14.7. The van der Waals surface area contributed by atoms with Crippen molar-refractivity contribution in [3.8, 4) is 0 Å². The van der Waals surface area contributed by atoms with Gasteiger partial charge in [-0.25, -0.2) is 9.97 Å². The molecule has 1 atom stereocenters. The fourth-order valence-corrected chi connectivity index (χ4v) is 1.87. The van der Waals surface area contributed by atoms with Gasteiger partial charge in [0.2, 0.25) is 5.95 Å². The molecule has 0 amide bonds. The van der Waals surface area contributed by atoms with Gasteiger partial charge in [0.1, 0.15) is 0 Å². The second kappa shape index (κ2) is 7.87. The summed E-state index contributed by atoms with van der Waals surface area (Å²) in [6, 6.07) is 0.379. The summed E-state index contributed by atoms with van der Waals surface area (Å²) in [5.74, 6) is 0.652. The van der Waals surface area contributed by atoms with Crippen LogP contribution >= 0.6 is 0 Å². The Labute approximate surface area is 110 Å². The van der Waals surface area contributed by atoms with Crippen molar-refractivity contribution < 1.29 is 0 Å². The van der Waals surface area contributed by atoms with Crippen LogP contribution in [-0.2, 0) is 0 Å². The molecular formula is C13H25N5. The van der Waals surface area contributed by atoms with Crippen LogP contribution in [0.25, 0.3) is 0 Å². The van der Waals surface area contributed by atoms with Crippen LogP contribution in [0.2, 0.25) is 0 Å². The third-order valence-corrected chi connectivity index (χ3v) is 3.05. The van der Waals surface area contributed by atoms with E-state index >= 15 is 0 Å². The van der Waals surface area contributed by atoms with Gasteiger partial charge in [0.25, 0.3) is 0 Å². The molecule has 0 aliphatic rings. The van der Waals surface area contributed by atoms with Gasteiger partial charge in [0.05, 0.1) is 18.1 Å². The van der Waals surface area contributed by atoms with E-state index in [4.69, 9.17) is 5.73 Å². The highest BCUT2D eigenvalue weighted by atomic mass is 15.1. The van der Waals surface area contributed by atoms with E-state index in [1.54, 1.807) is 12.4 Å². The summed E-state index contributed by atoms with van der Waals surface area (Å²) < 4.78 is 0. The predicted molar refractivity (Wildman–Crippen MR) is 76.6 cm³/mol. The number of nitrogen functional groups attached to an aromatic ring is 1. The molecule has 5 heteroatoms. The van der Waals surface area contributed by atoms with E-state index in [0.29, 0.717) is 17.7 Å². The monoisotopic (exact) mass is 251 g/mol. The molecule has 1 unspecified atom stereocenters. The van der Waals surface area contributed by atoms with Crippen LogP contribution in [0.3, 0.4) is 0 Å². The highest BCUT2D eigenvalue weighted by molar-refractivity contribution is 5.36. The Morgan fingerprint density at radius 1 is 1.28 bits per heavy atom. The molecule has 102 valence electrons. The van der Waals surface area contributed by atoms with Crippen molar-refractivity contribution in [3.63, 3.8) is 0 Å². The lowest BCUT2D eigenvalue weighted by atomic mass is 10.2. The molecule has 0 fully saturated rings. The van der Waals surface area contributed by atoms with Crippen LogP contribution in [0.1, 0.15) is 33.6 Å². The first-order valence-electron chi connectivity index (χ1n) is 6.72. The van der Waals surface area contributed by atoms with E-state index < -0.39 is 0 Å². The smallest absolute Gasteiger partial charge is 0.222 e.